The molecule has 136 valence electrons. The summed E-state index contributed by atoms with van der Waals surface area (Å²) in [6.07, 6.45) is -4.09. The summed E-state index contributed by atoms with van der Waals surface area (Å²) in [5.41, 5.74) is 6.79. The normalized spacial score (nSPS) is 12.9. The Balaban J connectivity index is 2.33. The van der Waals surface area contributed by atoms with E-state index in [0.717, 1.165) is 6.07 Å². The molecule has 0 unspecified atom stereocenters. The molecule has 2 rings (SSSR count). The number of pyridine rings is 1. The van der Waals surface area contributed by atoms with Crippen molar-refractivity contribution in [2.75, 3.05) is 6.26 Å². The minimum atomic E-state index is -4.60. The maximum Gasteiger partial charge on any atom is 0.425 e. The molecule has 25 heavy (non-hydrogen) atoms. The molecule has 0 aromatic carbocycles. The quantitative estimate of drug-likeness (QED) is 0.472. The van der Waals surface area contributed by atoms with Crippen molar-refractivity contribution in [2.45, 2.75) is 37.3 Å². The first-order valence-electron chi connectivity index (χ1n) is 7.29. The number of nitrogens with two attached hydrogens (primary N) is 1. The van der Waals surface area contributed by atoms with E-state index < -0.39 is 24.0 Å². The SMILES string of the molecule is CC[C@@H](Oc1ncc(-c2cc(CN)nc(SC)n2)cc1F)C(F)(F)F. The molecule has 0 saturated heterocycles. The van der Waals surface area contributed by atoms with Crippen LogP contribution in [0.1, 0.15) is 19.0 Å². The standard InChI is InChI=1S/C15H16F4N4OS/c1-3-12(15(17,18)19)24-13-10(16)4-8(7-21-13)11-5-9(6-20)22-14(23-11)25-2/h4-5,7,12H,3,6,20H2,1-2H3/t12-/m1/s1. The predicted octanol–water partition coefficient (Wildman–Crippen LogP) is 3.58. The molecule has 0 aliphatic carbocycles. The highest BCUT2D eigenvalue weighted by atomic mass is 32.2. The van der Waals surface area contributed by atoms with E-state index in [0.29, 0.717) is 16.5 Å². The Morgan fingerprint density at radius 1 is 1.28 bits per heavy atom. The zero-order chi connectivity index (χ0) is 18.6. The van der Waals surface area contributed by atoms with E-state index in [1.807, 2.05) is 0 Å². The van der Waals surface area contributed by atoms with E-state index in [1.165, 1.54) is 24.9 Å². The fraction of sp³-hybridized carbons (Fsp3) is 0.400. The minimum Gasteiger partial charge on any atom is -0.463 e. The highest BCUT2D eigenvalue weighted by Crippen LogP contribution is 2.29. The van der Waals surface area contributed by atoms with Gasteiger partial charge in [-0.1, -0.05) is 18.7 Å². The van der Waals surface area contributed by atoms with Crippen LogP contribution in [0.2, 0.25) is 0 Å². The lowest BCUT2D eigenvalue weighted by Crippen LogP contribution is -2.34. The van der Waals surface area contributed by atoms with Gasteiger partial charge in [-0.15, -0.1) is 0 Å². The molecule has 2 aromatic rings. The molecular formula is C15H16F4N4OS. The molecule has 10 heteroatoms. The number of ether oxygens (including phenoxy) is 1. The second kappa shape index (κ2) is 7.96. The van der Waals surface area contributed by atoms with Crippen LogP contribution in [0.5, 0.6) is 5.88 Å². The Kier molecular flexibility index (Phi) is 6.17. The van der Waals surface area contributed by atoms with Crippen LogP contribution in [0.15, 0.2) is 23.5 Å². The third-order valence-corrected chi connectivity index (χ3v) is 3.79. The van der Waals surface area contributed by atoms with Crippen molar-refractivity contribution in [3.63, 3.8) is 0 Å². The van der Waals surface area contributed by atoms with Crippen molar-refractivity contribution in [2.24, 2.45) is 5.73 Å². The molecule has 1 atom stereocenters. The van der Waals surface area contributed by atoms with E-state index in [4.69, 9.17) is 5.73 Å². The zero-order valence-corrected chi connectivity index (χ0v) is 14.3. The second-order valence-electron chi connectivity index (χ2n) is 5.00. The smallest absolute Gasteiger partial charge is 0.425 e. The molecule has 0 aliphatic heterocycles. The number of alkyl halides is 3. The summed E-state index contributed by atoms with van der Waals surface area (Å²) in [6, 6.07) is 2.60. The summed E-state index contributed by atoms with van der Waals surface area (Å²) < 4.78 is 57.1. The summed E-state index contributed by atoms with van der Waals surface area (Å²) in [4.78, 5) is 12.1. The zero-order valence-electron chi connectivity index (χ0n) is 13.5. The van der Waals surface area contributed by atoms with E-state index in [1.54, 1.807) is 12.3 Å². The van der Waals surface area contributed by atoms with E-state index in [-0.39, 0.29) is 18.5 Å². The van der Waals surface area contributed by atoms with Crippen molar-refractivity contribution >= 4 is 11.8 Å². The number of hydrogen-bond donors (Lipinski definition) is 1. The Hall–Kier alpha value is -1.94. The van der Waals surface area contributed by atoms with Crippen LogP contribution in [0.25, 0.3) is 11.3 Å². The van der Waals surface area contributed by atoms with Crippen LogP contribution in [0.3, 0.4) is 0 Å². The van der Waals surface area contributed by atoms with Crippen LogP contribution in [0.4, 0.5) is 17.6 Å². The van der Waals surface area contributed by atoms with E-state index in [2.05, 4.69) is 19.7 Å². The van der Waals surface area contributed by atoms with E-state index in [9.17, 15) is 17.6 Å². The maximum atomic E-state index is 14.2. The number of thioether (sulfide) groups is 1. The van der Waals surface area contributed by atoms with Gasteiger partial charge in [0.1, 0.15) is 0 Å². The highest BCUT2D eigenvalue weighted by Gasteiger charge is 2.41. The van der Waals surface area contributed by atoms with Crippen molar-refractivity contribution in [3.05, 3.63) is 29.8 Å². The topological polar surface area (TPSA) is 73.9 Å². The van der Waals surface area contributed by atoms with Crippen molar-refractivity contribution in [1.29, 1.82) is 0 Å². The first-order valence-corrected chi connectivity index (χ1v) is 8.52. The average Bonchev–Trinajstić information content (AvgIpc) is 2.58. The number of rotatable bonds is 6. The van der Waals surface area contributed by atoms with Crippen LogP contribution in [0, 0.1) is 5.82 Å². The predicted molar refractivity (Wildman–Crippen MR) is 85.7 cm³/mol. The molecular weight excluding hydrogens is 360 g/mol. The molecule has 0 amide bonds. The molecule has 0 bridgehead atoms. The van der Waals surface area contributed by atoms with Gasteiger partial charge < -0.3 is 10.5 Å². The van der Waals surface area contributed by atoms with Crippen LogP contribution < -0.4 is 10.5 Å². The third kappa shape index (κ3) is 4.79. The fourth-order valence-corrected chi connectivity index (χ4v) is 2.38. The molecule has 2 heterocycles. The lowest BCUT2D eigenvalue weighted by molar-refractivity contribution is -0.196. The first-order chi connectivity index (χ1) is 11.8. The van der Waals surface area contributed by atoms with Crippen molar-refractivity contribution in [1.82, 2.24) is 15.0 Å². The molecule has 0 radical (unpaired) electrons. The number of aromatic nitrogens is 3. The van der Waals surface area contributed by atoms with Gasteiger partial charge in [0, 0.05) is 18.3 Å². The lowest BCUT2D eigenvalue weighted by atomic mass is 10.2. The number of halogens is 4. The van der Waals surface area contributed by atoms with Gasteiger partial charge >= 0.3 is 6.18 Å². The van der Waals surface area contributed by atoms with Gasteiger partial charge in [-0.05, 0) is 24.8 Å². The summed E-state index contributed by atoms with van der Waals surface area (Å²) in [5, 5.41) is 0.446. The third-order valence-electron chi connectivity index (χ3n) is 3.24. The molecule has 0 aliphatic rings. The molecule has 5 nitrogen and oxygen atoms in total. The summed E-state index contributed by atoms with van der Waals surface area (Å²) in [6.45, 7) is 1.47. The molecule has 0 fully saturated rings. The summed E-state index contributed by atoms with van der Waals surface area (Å²) >= 11 is 1.29. The average molecular weight is 376 g/mol. The van der Waals surface area contributed by atoms with Crippen molar-refractivity contribution in [3.8, 4) is 17.1 Å². The van der Waals surface area contributed by atoms with Crippen LogP contribution in [-0.2, 0) is 6.54 Å². The molecule has 2 aromatic heterocycles. The number of hydrogen-bond acceptors (Lipinski definition) is 6. The van der Waals surface area contributed by atoms with Crippen LogP contribution in [-0.4, -0.2) is 33.5 Å². The van der Waals surface area contributed by atoms with Gasteiger partial charge in [0.05, 0.1) is 11.4 Å². The lowest BCUT2D eigenvalue weighted by Gasteiger charge is -2.20. The first kappa shape index (κ1) is 19.4. The Morgan fingerprint density at radius 2 is 2.00 bits per heavy atom. The largest absolute Gasteiger partial charge is 0.463 e. The molecule has 2 N–H and O–H groups in total. The maximum absolute atomic E-state index is 14.2. The van der Waals surface area contributed by atoms with Gasteiger partial charge in [-0.2, -0.15) is 13.2 Å². The van der Waals surface area contributed by atoms with Crippen molar-refractivity contribution < 1.29 is 22.3 Å². The summed E-state index contributed by atoms with van der Waals surface area (Å²) in [5.74, 6) is -1.70. The van der Waals surface area contributed by atoms with Crippen LogP contribution >= 0.6 is 11.8 Å². The van der Waals surface area contributed by atoms with Gasteiger partial charge in [0.25, 0.3) is 5.88 Å². The van der Waals surface area contributed by atoms with Gasteiger partial charge in [0.15, 0.2) is 17.1 Å². The Bertz CT molecular complexity index is 720. The highest BCUT2D eigenvalue weighted by molar-refractivity contribution is 7.98. The monoisotopic (exact) mass is 376 g/mol. The molecule has 0 saturated carbocycles. The van der Waals surface area contributed by atoms with E-state index >= 15 is 0 Å². The van der Waals surface area contributed by atoms with Gasteiger partial charge in [0.2, 0.25) is 0 Å². The Labute approximate surface area is 146 Å². The summed E-state index contributed by atoms with van der Waals surface area (Å²) in [7, 11) is 0. The minimum absolute atomic E-state index is 0.171. The number of nitrogens with zero attached hydrogens (tertiary/aromatic N) is 3. The molecule has 0 spiro atoms. The Morgan fingerprint density at radius 3 is 2.52 bits per heavy atom. The fourth-order valence-electron chi connectivity index (χ4n) is 1.99. The van der Waals surface area contributed by atoms with Gasteiger partial charge in [-0.3, -0.25) is 0 Å². The van der Waals surface area contributed by atoms with Gasteiger partial charge in [-0.25, -0.2) is 19.3 Å². The second-order valence-corrected chi connectivity index (χ2v) is 5.78.